The van der Waals surface area contributed by atoms with Crippen LogP contribution in [-0.2, 0) is 4.79 Å². The highest BCUT2D eigenvalue weighted by atomic mass is 16.4. The van der Waals surface area contributed by atoms with E-state index in [0.29, 0.717) is 5.57 Å². The van der Waals surface area contributed by atoms with Crippen LogP contribution in [0.25, 0.3) is 0 Å². The molecule has 0 aromatic heterocycles. The van der Waals surface area contributed by atoms with E-state index in [0.717, 1.165) is 0 Å². The van der Waals surface area contributed by atoms with E-state index in [1.807, 2.05) is 0 Å². The lowest BCUT2D eigenvalue weighted by Gasteiger charge is -2.10. The molecule has 0 heterocycles. The van der Waals surface area contributed by atoms with E-state index in [9.17, 15) is 9.90 Å². The molecule has 0 aliphatic rings. The molecule has 1 atom stereocenters. The Labute approximate surface area is 47.8 Å². The summed E-state index contributed by atoms with van der Waals surface area (Å²) in [5.41, 5.74) is 5.41. The molecule has 0 spiro atoms. The molecule has 0 fully saturated rings. The number of carbonyl (C=O) groups excluding carboxylic acids is 1. The van der Waals surface area contributed by atoms with Crippen molar-refractivity contribution < 1.29 is 9.90 Å². The fourth-order valence-electron chi connectivity index (χ4n) is 0.201. The van der Waals surface area contributed by atoms with Crippen LogP contribution >= 0.6 is 0 Å². The second kappa shape index (κ2) is 2.47. The predicted molar refractivity (Wildman–Crippen MR) is 27.8 cm³/mol. The van der Waals surface area contributed by atoms with Crippen LogP contribution in [0.15, 0.2) is 12.2 Å². The Kier molecular flexibility index (Phi) is 2.21. The number of hydrogen-bond acceptors (Lipinski definition) is 3. The Morgan fingerprint density at radius 2 is 2.25 bits per heavy atom. The van der Waals surface area contributed by atoms with E-state index in [4.69, 9.17) is 5.73 Å². The van der Waals surface area contributed by atoms with Gasteiger partial charge >= 0.3 is 0 Å². The molecule has 0 unspecified atom stereocenters. The fraction of sp³-hybridized carbons (Fsp3) is 0.400. The van der Waals surface area contributed by atoms with Crippen molar-refractivity contribution in [3.63, 3.8) is 0 Å². The lowest BCUT2D eigenvalue weighted by Crippen LogP contribution is -2.42. The summed E-state index contributed by atoms with van der Waals surface area (Å²) in [6, 6.07) is -1.02. The van der Waals surface area contributed by atoms with E-state index < -0.39 is 12.0 Å². The van der Waals surface area contributed by atoms with Crippen molar-refractivity contribution in [1.82, 2.24) is 0 Å². The highest BCUT2D eigenvalue weighted by molar-refractivity contribution is 5.74. The van der Waals surface area contributed by atoms with Gasteiger partial charge in [0.25, 0.3) is 0 Å². The van der Waals surface area contributed by atoms with Crippen molar-refractivity contribution in [2.24, 2.45) is 5.73 Å². The van der Waals surface area contributed by atoms with Crippen LogP contribution in [0.3, 0.4) is 0 Å². The molecular formula is C5H8NO2-. The number of aliphatic carboxylic acids is 1. The third-order valence-electron chi connectivity index (χ3n) is 0.785. The van der Waals surface area contributed by atoms with E-state index in [1.165, 1.54) is 0 Å². The van der Waals surface area contributed by atoms with Crippen LogP contribution in [0.5, 0.6) is 0 Å². The van der Waals surface area contributed by atoms with E-state index in [2.05, 4.69) is 6.58 Å². The van der Waals surface area contributed by atoms with Crippen LogP contribution in [0, 0.1) is 0 Å². The summed E-state index contributed by atoms with van der Waals surface area (Å²) in [5.74, 6) is -1.28. The molecule has 0 aliphatic heterocycles. The van der Waals surface area contributed by atoms with E-state index >= 15 is 0 Å². The monoisotopic (exact) mass is 114 g/mol. The maximum Gasteiger partial charge on any atom is 0.0653 e. The molecule has 0 saturated heterocycles. The molecule has 0 aromatic rings. The number of rotatable bonds is 2. The van der Waals surface area contributed by atoms with Gasteiger partial charge in [-0.3, -0.25) is 0 Å². The Hall–Kier alpha value is -0.830. The molecule has 0 bridgehead atoms. The van der Waals surface area contributed by atoms with Crippen molar-refractivity contribution in [2.45, 2.75) is 13.0 Å². The molecule has 8 heavy (non-hydrogen) atoms. The molecule has 0 amide bonds. The standard InChI is InChI=1S/C5H9NO2/c1-3(2)4(6)5(7)8/h4H,1,6H2,2H3,(H,7,8)/p-1/t4-/m0/s1. The first-order valence-electron chi connectivity index (χ1n) is 2.17. The quantitative estimate of drug-likeness (QED) is 0.451. The first-order valence-corrected chi connectivity index (χ1v) is 2.17. The van der Waals surface area contributed by atoms with Gasteiger partial charge in [-0.1, -0.05) is 12.2 Å². The fourth-order valence-corrected chi connectivity index (χ4v) is 0.201. The van der Waals surface area contributed by atoms with Gasteiger partial charge in [-0.05, 0) is 6.92 Å². The number of nitrogens with two attached hydrogens (primary N) is 1. The SMILES string of the molecule is C=C(C)[C@H](N)C(=O)[O-]. The first kappa shape index (κ1) is 7.17. The van der Waals surface area contributed by atoms with Crippen molar-refractivity contribution in [1.29, 1.82) is 0 Å². The zero-order valence-corrected chi connectivity index (χ0v) is 4.68. The van der Waals surface area contributed by atoms with Crippen LogP contribution in [0.1, 0.15) is 6.92 Å². The number of carbonyl (C=O) groups is 1. The molecule has 0 radical (unpaired) electrons. The maximum absolute atomic E-state index is 9.84. The minimum atomic E-state index is -1.28. The van der Waals surface area contributed by atoms with Crippen molar-refractivity contribution in [3.05, 3.63) is 12.2 Å². The average molecular weight is 114 g/mol. The van der Waals surface area contributed by atoms with Crippen LogP contribution in [0.4, 0.5) is 0 Å². The van der Waals surface area contributed by atoms with Gasteiger partial charge in [-0.15, -0.1) is 0 Å². The number of carboxylic acid groups (broad SMARTS) is 1. The third-order valence-corrected chi connectivity index (χ3v) is 0.785. The topological polar surface area (TPSA) is 66.2 Å². The molecule has 0 aromatic carbocycles. The van der Waals surface area contributed by atoms with Gasteiger partial charge < -0.3 is 15.6 Å². The summed E-state index contributed by atoms with van der Waals surface area (Å²) in [4.78, 5) is 9.84. The lowest BCUT2D eigenvalue weighted by atomic mass is 10.2. The summed E-state index contributed by atoms with van der Waals surface area (Å²) >= 11 is 0. The minimum absolute atomic E-state index is 0.407. The van der Waals surface area contributed by atoms with Crippen molar-refractivity contribution >= 4 is 5.97 Å². The molecule has 46 valence electrons. The number of carboxylic acids is 1. The summed E-state index contributed by atoms with van der Waals surface area (Å²) in [7, 11) is 0. The zero-order valence-electron chi connectivity index (χ0n) is 4.68. The van der Waals surface area contributed by atoms with Crippen molar-refractivity contribution in [3.8, 4) is 0 Å². The Morgan fingerprint density at radius 3 is 2.25 bits per heavy atom. The molecule has 0 aliphatic carbocycles. The van der Waals surface area contributed by atoms with E-state index in [1.54, 1.807) is 6.92 Å². The highest BCUT2D eigenvalue weighted by Crippen LogP contribution is 1.90. The Balaban J connectivity index is 3.83. The maximum atomic E-state index is 9.84. The van der Waals surface area contributed by atoms with Gasteiger partial charge in [0, 0.05) is 0 Å². The molecule has 0 saturated carbocycles. The Morgan fingerprint density at radius 1 is 1.88 bits per heavy atom. The Bertz CT molecular complexity index is 106. The van der Waals surface area contributed by atoms with Gasteiger partial charge in [-0.25, -0.2) is 0 Å². The smallest absolute Gasteiger partial charge is 0.0653 e. The van der Waals surface area contributed by atoms with Crippen LogP contribution in [-0.4, -0.2) is 12.0 Å². The van der Waals surface area contributed by atoms with Crippen molar-refractivity contribution in [2.75, 3.05) is 0 Å². The zero-order chi connectivity index (χ0) is 6.73. The largest absolute Gasteiger partial charge is 0.548 e. The number of hydrogen-bond donors (Lipinski definition) is 1. The summed E-state index contributed by atoms with van der Waals surface area (Å²) in [6.45, 7) is 4.87. The molecule has 2 N–H and O–H groups in total. The normalized spacial score (nSPS) is 12.8. The summed E-state index contributed by atoms with van der Waals surface area (Å²) < 4.78 is 0. The average Bonchev–Trinajstić information content (AvgIpc) is 1.64. The third kappa shape index (κ3) is 1.75. The molecule has 0 rings (SSSR count). The minimum Gasteiger partial charge on any atom is -0.548 e. The van der Waals surface area contributed by atoms with Gasteiger partial charge in [-0.2, -0.15) is 0 Å². The van der Waals surface area contributed by atoms with Crippen LogP contribution in [0.2, 0.25) is 0 Å². The summed E-state index contributed by atoms with van der Waals surface area (Å²) in [5, 5.41) is 9.84. The molecular weight excluding hydrogens is 106 g/mol. The van der Waals surface area contributed by atoms with Gasteiger partial charge in [0.2, 0.25) is 0 Å². The lowest BCUT2D eigenvalue weighted by molar-refractivity contribution is -0.306. The van der Waals surface area contributed by atoms with Gasteiger partial charge in [0.1, 0.15) is 0 Å². The summed E-state index contributed by atoms with van der Waals surface area (Å²) in [6.07, 6.45) is 0. The second-order valence-corrected chi connectivity index (χ2v) is 1.64. The second-order valence-electron chi connectivity index (χ2n) is 1.64. The first-order chi connectivity index (χ1) is 3.55. The molecule has 3 heteroatoms. The van der Waals surface area contributed by atoms with E-state index in [-0.39, 0.29) is 0 Å². The molecule has 3 nitrogen and oxygen atoms in total. The van der Waals surface area contributed by atoms with Crippen LogP contribution < -0.4 is 10.8 Å². The predicted octanol–water partition coefficient (Wildman–Crippen LogP) is -1.36. The van der Waals surface area contributed by atoms with Gasteiger partial charge in [0.15, 0.2) is 0 Å². The highest BCUT2D eigenvalue weighted by Gasteiger charge is 2.00. The van der Waals surface area contributed by atoms with Gasteiger partial charge in [0.05, 0.1) is 12.0 Å².